The van der Waals surface area contributed by atoms with Crippen molar-refractivity contribution in [2.24, 2.45) is 0 Å². The number of para-hydroxylation sites is 1. The van der Waals surface area contributed by atoms with Crippen LogP contribution in [0.15, 0.2) is 54.9 Å². The van der Waals surface area contributed by atoms with Crippen LogP contribution in [0.1, 0.15) is 43.7 Å². The lowest BCUT2D eigenvalue weighted by Gasteiger charge is -2.24. The highest BCUT2D eigenvalue weighted by molar-refractivity contribution is 5.91. The number of carbonyl (C=O) groups excluding carboxylic acids is 1. The summed E-state index contributed by atoms with van der Waals surface area (Å²) in [5.74, 6) is -0.0265. The minimum Gasteiger partial charge on any atom is -0.368 e. The van der Waals surface area contributed by atoms with E-state index in [4.69, 9.17) is 0 Å². The average molecular weight is 365 g/mol. The molecular weight excluding hydrogens is 334 g/mol. The van der Waals surface area contributed by atoms with E-state index < -0.39 is 0 Å². The van der Waals surface area contributed by atoms with Crippen molar-refractivity contribution >= 4 is 17.7 Å². The number of nitrogens with one attached hydrogen (secondary N) is 2. The molecule has 0 saturated heterocycles. The van der Waals surface area contributed by atoms with Crippen molar-refractivity contribution in [2.75, 3.05) is 18.0 Å². The van der Waals surface area contributed by atoms with Crippen LogP contribution in [0.5, 0.6) is 0 Å². The van der Waals surface area contributed by atoms with Crippen LogP contribution in [0.3, 0.4) is 0 Å². The molecule has 1 aromatic heterocycles. The Hall–Kier alpha value is -2.62. The van der Waals surface area contributed by atoms with Gasteiger partial charge in [-0.3, -0.25) is 4.79 Å². The van der Waals surface area contributed by atoms with Gasteiger partial charge in [-0.2, -0.15) is 0 Å². The van der Waals surface area contributed by atoms with Crippen molar-refractivity contribution < 1.29 is 9.78 Å². The van der Waals surface area contributed by atoms with Gasteiger partial charge >= 0.3 is 0 Å². The first-order chi connectivity index (χ1) is 13.2. The molecule has 0 radical (unpaired) electrons. The van der Waals surface area contributed by atoms with Crippen LogP contribution in [0.25, 0.3) is 6.08 Å². The maximum Gasteiger partial charge on any atom is 0.244 e. The number of pyridine rings is 1. The highest BCUT2D eigenvalue weighted by Crippen LogP contribution is 2.31. The summed E-state index contributed by atoms with van der Waals surface area (Å²) < 4.78 is 0. The van der Waals surface area contributed by atoms with Gasteiger partial charge in [-0.25, -0.2) is 4.98 Å². The normalized spacial score (nSPS) is 15.9. The van der Waals surface area contributed by atoms with Crippen LogP contribution in [-0.2, 0) is 11.2 Å². The number of fused-ring (bicyclic) bond motifs is 1. The topological polar surface area (TPSA) is 46.5 Å². The van der Waals surface area contributed by atoms with E-state index >= 15 is 0 Å². The zero-order chi connectivity index (χ0) is 18.9. The number of amides is 1. The molecule has 2 N–H and O–H groups in total. The predicted octanol–water partition coefficient (Wildman–Crippen LogP) is 3.64. The van der Waals surface area contributed by atoms with Crippen LogP contribution in [-0.4, -0.2) is 25.0 Å². The predicted molar refractivity (Wildman–Crippen MR) is 110 cm³/mol. The van der Waals surface area contributed by atoms with Gasteiger partial charge in [-0.05, 0) is 50.0 Å². The fourth-order valence-electron chi connectivity index (χ4n) is 3.68. The maximum atomic E-state index is 11.8. The van der Waals surface area contributed by atoms with E-state index in [2.05, 4.69) is 46.4 Å². The molecule has 1 unspecified atom stereocenters. The van der Waals surface area contributed by atoms with E-state index in [1.807, 2.05) is 30.6 Å². The lowest BCUT2D eigenvalue weighted by Crippen LogP contribution is -2.30. The summed E-state index contributed by atoms with van der Waals surface area (Å²) in [5.41, 5.74) is 3.89. The quantitative estimate of drug-likeness (QED) is 0.545. The second kappa shape index (κ2) is 9.91. The van der Waals surface area contributed by atoms with E-state index in [0.29, 0.717) is 6.04 Å². The molecule has 0 fully saturated rings. The summed E-state index contributed by atoms with van der Waals surface area (Å²) in [5, 5.41) is 2.96. The molecule has 0 spiro atoms. The van der Waals surface area contributed by atoms with Gasteiger partial charge in [0.15, 0.2) is 12.4 Å². The molecule has 4 nitrogen and oxygen atoms in total. The Morgan fingerprint density at radius 2 is 2.04 bits per heavy atom. The Kier molecular flexibility index (Phi) is 7.03. The molecule has 1 aromatic carbocycles. The van der Waals surface area contributed by atoms with Crippen molar-refractivity contribution in [3.8, 4) is 0 Å². The fourth-order valence-corrected chi connectivity index (χ4v) is 3.68. The average Bonchev–Trinajstić information content (AvgIpc) is 3.01. The number of carbonyl (C=O) groups is 1. The summed E-state index contributed by atoms with van der Waals surface area (Å²) in [6.45, 7) is 4.19. The Labute approximate surface area is 162 Å². The third-order valence-corrected chi connectivity index (χ3v) is 5.13. The number of rotatable bonds is 9. The largest absolute Gasteiger partial charge is 0.368 e. The third-order valence-electron chi connectivity index (χ3n) is 5.13. The molecule has 142 valence electrons. The SMILES string of the molecule is CC1Cc2ccccc2N1CCCCCCNC(=O)/C=C/c1ccc[nH+]c1. The van der Waals surface area contributed by atoms with Gasteiger partial charge in [-0.1, -0.05) is 31.0 Å². The third kappa shape index (κ3) is 5.68. The number of aromatic amines is 1. The van der Waals surface area contributed by atoms with Crippen LogP contribution < -0.4 is 15.2 Å². The highest BCUT2D eigenvalue weighted by Gasteiger charge is 2.24. The van der Waals surface area contributed by atoms with Crippen molar-refractivity contribution in [1.29, 1.82) is 0 Å². The minimum absolute atomic E-state index is 0.0265. The van der Waals surface area contributed by atoms with Gasteiger partial charge in [-0.15, -0.1) is 0 Å². The molecule has 3 rings (SSSR count). The van der Waals surface area contributed by atoms with Crippen LogP contribution in [0.2, 0.25) is 0 Å². The molecule has 1 aliphatic heterocycles. The van der Waals surface area contributed by atoms with Gasteiger partial charge in [0, 0.05) is 42.5 Å². The van der Waals surface area contributed by atoms with E-state index in [0.717, 1.165) is 37.9 Å². The number of unbranched alkanes of at least 4 members (excludes halogenated alkanes) is 3. The smallest absolute Gasteiger partial charge is 0.244 e. The van der Waals surface area contributed by atoms with E-state index in [9.17, 15) is 4.79 Å². The fraction of sp³-hybridized carbons (Fsp3) is 0.391. The molecule has 4 heteroatoms. The van der Waals surface area contributed by atoms with Crippen molar-refractivity contribution in [1.82, 2.24) is 5.32 Å². The van der Waals surface area contributed by atoms with Crippen molar-refractivity contribution in [3.05, 3.63) is 66.0 Å². The first kappa shape index (κ1) is 19.2. The van der Waals surface area contributed by atoms with Crippen LogP contribution >= 0.6 is 0 Å². The lowest BCUT2D eigenvalue weighted by atomic mass is 10.1. The van der Waals surface area contributed by atoms with E-state index in [1.165, 1.54) is 24.1 Å². The van der Waals surface area contributed by atoms with Gasteiger partial charge in [0.25, 0.3) is 0 Å². The first-order valence-corrected chi connectivity index (χ1v) is 10.0. The van der Waals surface area contributed by atoms with E-state index in [-0.39, 0.29) is 5.91 Å². The first-order valence-electron chi connectivity index (χ1n) is 10.0. The van der Waals surface area contributed by atoms with Gasteiger partial charge in [0.05, 0.1) is 0 Å². The van der Waals surface area contributed by atoms with Crippen molar-refractivity contribution in [3.63, 3.8) is 0 Å². The second-order valence-electron chi connectivity index (χ2n) is 7.25. The highest BCUT2D eigenvalue weighted by atomic mass is 16.1. The molecule has 2 heterocycles. The molecular formula is C23H30N3O+. The molecule has 0 bridgehead atoms. The number of hydrogen-bond donors (Lipinski definition) is 1. The van der Waals surface area contributed by atoms with Gasteiger partial charge in [0.1, 0.15) is 0 Å². The second-order valence-corrected chi connectivity index (χ2v) is 7.25. The molecule has 27 heavy (non-hydrogen) atoms. The molecule has 1 aliphatic rings. The summed E-state index contributed by atoms with van der Waals surface area (Å²) in [4.78, 5) is 17.4. The molecule has 0 aliphatic carbocycles. The summed E-state index contributed by atoms with van der Waals surface area (Å²) in [7, 11) is 0. The van der Waals surface area contributed by atoms with Crippen LogP contribution in [0, 0.1) is 0 Å². The summed E-state index contributed by atoms with van der Waals surface area (Å²) >= 11 is 0. The van der Waals surface area contributed by atoms with Crippen molar-refractivity contribution in [2.45, 2.75) is 45.1 Å². The lowest BCUT2D eigenvalue weighted by molar-refractivity contribution is -0.378. The van der Waals surface area contributed by atoms with Crippen LogP contribution in [0.4, 0.5) is 5.69 Å². The Morgan fingerprint density at radius 1 is 1.19 bits per heavy atom. The monoisotopic (exact) mass is 364 g/mol. The number of benzene rings is 1. The van der Waals surface area contributed by atoms with Gasteiger partial charge in [0.2, 0.25) is 5.91 Å². The minimum atomic E-state index is -0.0265. The molecule has 1 atom stereocenters. The van der Waals surface area contributed by atoms with Gasteiger partial charge < -0.3 is 10.2 Å². The summed E-state index contributed by atoms with van der Waals surface area (Å²) in [6.07, 6.45) is 12.9. The number of anilines is 1. The maximum absolute atomic E-state index is 11.8. The van der Waals surface area contributed by atoms with E-state index in [1.54, 1.807) is 6.08 Å². The molecule has 0 saturated carbocycles. The Morgan fingerprint density at radius 3 is 2.89 bits per heavy atom. The Balaban J connectivity index is 1.27. The standard InChI is InChI=1S/C23H29N3O/c1-19-17-21-10-4-5-11-22(21)26(19)16-7-3-2-6-15-25-23(27)13-12-20-9-8-14-24-18-20/h4-5,8-14,18-19H,2-3,6-7,15-17H2,1H3,(H,25,27)/p+1/b13-12+. The Bertz CT molecular complexity index is 757. The zero-order valence-electron chi connectivity index (χ0n) is 16.2. The summed E-state index contributed by atoms with van der Waals surface area (Å²) in [6, 6.07) is 13.2. The number of hydrogen-bond acceptors (Lipinski definition) is 2. The number of aromatic nitrogens is 1. The molecule has 2 aromatic rings. The number of H-pyrrole nitrogens is 1. The number of nitrogens with zero attached hydrogens (tertiary/aromatic N) is 1. The molecule has 1 amide bonds. The zero-order valence-corrected chi connectivity index (χ0v) is 16.2.